The third-order valence-corrected chi connectivity index (χ3v) is 3.56. The topological polar surface area (TPSA) is 79.0 Å². The van der Waals surface area contributed by atoms with Crippen LogP contribution >= 0.6 is 0 Å². The zero-order valence-corrected chi connectivity index (χ0v) is 12.7. The zero-order valence-electron chi connectivity index (χ0n) is 12.7. The summed E-state index contributed by atoms with van der Waals surface area (Å²) >= 11 is 0. The minimum Gasteiger partial charge on any atom is -0.495 e. The van der Waals surface area contributed by atoms with Crippen molar-refractivity contribution in [3.63, 3.8) is 0 Å². The number of anilines is 1. The molecule has 1 aromatic rings. The number of piperazine rings is 1. The fourth-order valence-corrected chi connectivity index (χ4v) is 2.29. The molecule has 118 valence electrons. The summed E-state index contributed by atoms with van der Waals surface area (Å²) in [5.74, 6) is -0.842. The largest absolute Gasteiger partial charge is 0.495 e. The second-order valence-corrected chi connectivity index (χ2v) is 4.95. The van der Waals surface area contributed by atoms with Crippen LogP contribution in [0.1, 0.15) is 6.92 Å². The van der Waals surface area contributed by atoms with E-state index in [-0.39, 0.29) is 5.91 Å². The van der Waals surface area contributed by atoms with Gasteiger partial charge in [-0.1, -0.05) is 12.1 Å². The fourth-order valence-electron chi connectivity index (χ4n) is 2.29. The number of carbonyl (C=O) groups excluding carboxylic acids is 3. The van der Waals surface area contributed by atoms with Crippen molar-refractivity contribution >= 4 is 23.4 Å². The van der Waals surface area contributed by atoms with Gasteiger partial charge in [0.2, 0.25) is 5.91 Å². The van der Waals surface area contributed by atoms with Crippen LogP contribution in [0, 0.1) is 0 Å². The summed E-state index contributed by atoms with van der Waals surface area (Å²) in [6.45, 7) is 3.10. The molecule has 0 spiro atoms. The molecule has 0 unspecified atom stereocenters. The maximum atomic E-state index is 12.1. The number of ether oxygens (including phenoxy) is 1. The van der Waals surface area contributed by atoms with Crippen LogP contribution in [0.2, 0.25) is 0 Å². The van der Waals surface area contributed by atoms with E-state index in [0.29, 0.717) is 37.6 Å². The molecule has 0 radical (unpaired) electrons. The van der Waals surface area contributed by atoms with Crippen molar-refractivity contribution in [2.24, 2.45) is 0 Å². The molecule has 22 heavy (non-hydrogen) atoms. The van der Waals surface area contributed by atoms with Gasteiger partial charge in [0.05, 0.1) is 12.8 Å². The van der Waals surface area contributed by atoms with E-state index in [2.05, 4.69) is 5.32 Å². The van der Waals surface area contributed by atoms with E-state index >= 15 is 0 Å². The van der Waals surface area contributed by atoms with Crippen molar-refractivity contribution in [2.75, 3.05) is 38.6 Å². The van der Waals surface area contributed by atoms with E-state index in [4.69, 9.17) is 4.74 Å². The van der Waals surface area contributed by atoms with E-state index in [1.54, 1.807) is 29.2 Å². The third kappa shape index (κ3) is 3.55. The lowest BCUT2D eigenvalue weighted by atomic mass is 10.2. The molecule has 0 aliphatic carbocycles. The van der Waals surface area contributed by atoms with Crippen molar-refractivity contribution in [2.45, 2.75) is 6.92 Å². The molecule has 7 nitrogen and oxygen atoms in total. The van der Waals surface area contributed by atoms with Gasteiger partial charge in [-0.3, -0.25) is 14.4 Å². The lowest BCUT2D eigenvalue weighted by molar-refractivity contribution is -0.145. The van der Waals surface area contributed by atoms with E-state index in [1.165, 1.54) is 18.9 Å². The highest BCUT2D eigenvalue weighted by Crippen LogP contribution is 2.23. The Kier molecular flexibility index (Phi) is 4.98. The van der Waals surface area contributed by atoms with E-state index in [9.17, 15) is 14.4 Å². The maximum Gasteiger partial charge on any atom is 0.314 e. The Hall–Kier alpha value is -2.57. The van der Waals surface area contributed by atoms with Gasteiger partial charge < -0.3 is 19.9 Å². The smallest absolute Gasteiger partial charge is 0.314 e. The van der Waals surface area contributed by atoms with Gasteiger partial charge >= 0.3 is 11.8 Å². The summed E-state index contributed by atoms with van der Waals surface area (Å²) in [6.07, 6.45) is 0. The second-order valence-electron chi connectivity index (χ2n) is 4.95. The van der Waals surface area contributed by atoms with E-state index in [0.717, 1.165) is 0 Å². The van der Waals surface area contributed by atoms with Crippen LogP contribution < -0.4 is 10.1 Å². The van der Waals surface area contributed by atoms with Gasteiger partial charge in [-0.15, -0.1) is 0 Å². The molecule has 0 aromatic heterocycles. The molecule has 2 rings (SSSR count). The first kappa shape index (κ1) is 15.8. The quantitative estimate of drug-likeness (QED) is 0.798. The van der Waals surface area contributed by atoms with E-state index in [1.807, 2.05) is 0 Å². The number of methoxy groups -OCH3 is 1. The summed E-state index contributed by atoms with van der Waals surface area (Å²) < 4.78 is 5.13. The zero-order chi connectivity index (χ0) is 16.1. The standard InChI is InChI=1S/C15H19N3O4/c1-11(19)17-7-9-18(10-8-17)15(21)14(20)16-12-5-3-4-6-13(12)22-2/h3-6H,7-10H2,1-2H3,(H,16,20). The number of carbonyl (C=O) groups is 3. The fraction of sp³-hybridized carbons (Fsp3) is 0.400. The predicted octanol–water partition coefficient (Wildman–Crippen LogP) is 0.324. The molecule has 0 bridgehead atoms. The molecule has 7 heteroatoms. The van der Waals surface area contributed by atoms with Crippen molar-refractivity contribution in [3.8, 4) is 5.75 Å². The number of benzene rings is 1. The molecule has 1 aliphatic rings. The Labute approximate surface area is 128 Å². The molecule has 1 aromatic carbocycles. The Morgan fingerprint density at radius 1 is 1.05 bits per heavy atom. The minimum atomic E-state index is -0.708. The van der Waals surface area contributed by atoms with Crippen LogP contribution in [0.5, 0.6) is 5.75 Å². The number of para-hydroxylation sites is 2. The van der Waals surface area contributed by atoms with Gasteiger partial charge in [0.15, 0.2) is 0 Å². The van der Waals surface area contributed by atoms with Crippen LogP contribution in [-0.2, 0) is 14.4 Å². The number of nitrogens with one attached hydrogen (secondary N) is 1. The first-order chi connectivity index (χ1) is 10.5. The summed E-state index contributed by atoms with van der Waals surface area (Å²) in [6, 6.07) is 6.88. The molecule has 1 saturated heterocycles. The van der Waals surface area contributed by atoms with Gasteiger partial charge in [0, 0.05) is 33.1 Å². The van der Waals surface area contributed by atoms with Gasteiger partial charge in [0.1, 0.15) is 5.75 Å². The predicted molar refractivity (Wildman–Crippen MR) is 80.5 cm³/mol. The maximum absolute atomic E-state index is 12.1. The van der Waals surface area contributed by atoms with Gasteiger partial charge in [-0.2, -0.15) is 0 Å². The normalized spacial score (nSPS) is 14.5. The first-order valence-electron chi connectivity index (χ1n) is 7.01. The highest BCUT2D eigenvalue weighted by molar-refractivity contribution is 6.39. The Balaban J connectivity index is 1.96. The van der Waals surface area contributed by atoms with Crippen LogP contribution in [0.15, 0.2) is 24.3 Å². The lowest BCUT2D eigenvalue weighted by Gasteiger charge is -2.33. The van der Waals surface area contributed by atoms with Gasteiger partial charge in [0.25, 0.3) is 0 Å². The van der Waals surface area contributed by atoms with Crippen LogP contribution in [0.4, 0.5) is 5.69 Å². The molecular formula is C15H19N3O4. The average molecular weight is 305 g/mol. The first-order valence-corrected chi connectivity index (χ1v) is 7.01. The van der Waals surface area contributed by atoms with E-state index < -0.39 is 11.8 Å². The van der Waals surface area contributed by atoms with Gasteiger partial charge in [-0.25, -0.2) is 0 Å². The molecule has 0 saturated carbocycles. The summed E-state index contributed by atoms with van der Waals surface area (Å²) in [5, 5.41) is 2.56. The third-order valence-electron chi connectivity index (χ3n) is 3.56. The molecule has 3 amide bonds. The minimum absolute atomic E-state index is 0.0226. The van der Waals surface area contributed by atoms with Crippen LogP contribution in [0.25, 0.3) is 0 Å². The van der Waals surface area contributed by atoms with Crippen molar-refractivity contribution in [1.82, 2.24) is 9.80 Å². The number of rotatable bonds is 2. The van der Waals surface area contributed by atoms with Crippen molar-refractivity contribution in [3.05, 3.63) is 24.3 Å². The Morgan fingerprint density at radius 2 is 1.64 bits per heavy atom. The molecular weight excluding hydrogens is 286 g/mol. The molecule has 1 N–H and O–H groups in total. The Bertz CT molecular complexity index is 580. The Morgan fingerprint density at radius 3 is 2.23 bits per heavy atom. The lowest BCUT2D eigenvalue weighted by Crippen LogP contribution is -2.52. The molecule has 1 fully saturated rings. The molecule has 0 atom stereocenters. The number of hydrogen-bond donors (Lipinski definition) is 1. The van der Waals surface area contributed by atoms with Gasteiger partial charge in [-0.05, 0) is 12.1 Å². The monoisotopic (exact) mass is 305 g/mol. The molecule has 1 heterocycles. The summed E-state index contributed by atoms with van der Waals surface area (Å²) in [4.78, 5) is 38.6. The molecule has 1 aliphatic heterocycles. The highest BCUT2D eigenvalue weighted by atomic mass is 16.5. The summed E-state index contributed by atoms with van der Waals surface area (Å²) in [5.41, 5.74) is 0.450. The van der Waals surface area contributed by atoms with Crippen molar-refractivity contribution in [1.29, 1.82) is 0 Å². The average Bonchev–Trinajstić information content (AvgIpc) is 2.54. The summed E-state index contributed by atoms with van der Waals surface area (Å²) in [7, 11) is 1.49. The number of amides is 3. The highest BCUT2D eigenvalue weighted by Gasteiger charge is 2.27. The SMILES string of the molecule is COc1ccccc1NC(=O)C(=O)N1CCN(C(C)=O)CC1. The number of nitrogens with zero attached hydrogens (tertiary/aromatic N) is 2. The van der Waals surface area contributed by atoms with Crippen molar-refractivity contribution < 1.29 is 19.1 Å². The van der Waals surface area contributed by atoms with Crippen LogP contribution in [0.3, 0.4) is 0 Å². The second kappa shape index (κ2) is 6.93. The number of hydrogen-bond acceptors (Lipinski definition) is 4. The van der Waals surface area contributed by atoms with Crippen LogP contribution in [-0.4, -0.2) is 60.8 Å².